The highest BCUT2D eigenvalue weighted by Gasteiger charge is 2.18. The van der Waals surface area contributed by atoms with Crippen LogP contribution in [-0.4, -0.2) is 36.6 Å². The van der Waals surface area contributed by atoms with Gasteiger partial charge in [-0.15, -0.1) is 0 Å². The van der Waals surface area contributed by atoms with Crippen LogP contribution in [-0.2, 0) is 0 Å². The molecule has 0 aromatic heterocycles. The van der Waals surface area contributed by atoms with E-state index in [9.17, 15) is 4.79 Å². The van der Waals surface area contributed by atoms with Crippen molar-refractivity contribution in [3.63, 3.8) is 0 Å². The minimum Gasteiger partial charge on any atom is -0.334 e. The van der Waals surface area contributed by atoms with Gasteiger partial charge < -0.3 is 16.0 Å². The monoisotopic (exact) mass is 227 g/mol. The fourth-order valence-electron chi connectivity index (χ4n) is 2.06. The normalized spacial score (nSPS) is 18.2. The van der Waals surface area contributed by atoms with Crippen LogP contribution in [0.2, 0.25) is 0 Å². The van der Waals surface area contributed by atoms with Gasteiger partial charge in [-0.2, -0.15) is 0 Å². The van der Waals surface area contributed by atoms with Gasteiger partial charge in [0.05, 0.1) is 0 Å². The number of hydrogen-bond acceptors (Lipinski definition) is 2. The Morgan fingerprint density at radius 1 is 1.38 bits per heavy atom. The number of amides is 2. The lowest BCUT2D eigenvalue weighted by molar-refractivity contribution is 0.182. The van der Waals surface area contributed by atoms with E-state index in [1.165, 1.54) is 6.42 Å². The topological polar surface area (TPSA) is 58.4 Å². The Morgan fingerprint density at radius 3 is 2.62 bits per heavy atom. The lowest BCUT2D eigenvalue weighted by atomic mass is 10.1. The van der Waals surface area contributed by atoms with Crippen molar-refractivity contribution in [2.24, 2.45) is 5.73 Å². The summed E-state index contributed by atoms with van der Waals surface area (Å²) < 4.78 is 0. The van der Waals surface area contributed by atoms with Crippen LogP contribution in [0.4, 0.5) is 4.79 Å². The Balaban J connectivity index is 2.29. The number of rotatable bonds is 5. The number of unbranched alkanes of at least 4 members (excludes halogenated alkanes) is 1. The zero-order valence-corrected chi connectivity index (χ0v) is 10.4. The maximum absolute atomic E-state index is 11.9. The van der Waals surface area contributed by atoms with Gasteiger partial charge in [-0.3, -0.25) is 0 Å². The molecule has 4 heteroatoms. The summed E-state index contributed by atoms with van der Waals surface area (Å²) in [5.74, 6) is 0. The summed E-state index contributed by atoms with van der Waals surface area (Å²) in [6.45, 7) is 4.49. The van der Waals surface area contributed by atoms with Crippen LogP contribution in [0, 0.1) is 0 Å². The maximum Gasteiger partial charge on any atom is 0.317 e. The molecule has 1 rings (SSSR count). The summed E-state index contributed by atoms with van der Waals surface area (Å²) in [4.78, 5) is 13.8. The number of hydrogen-bond donors (Lipinski definition) is 2. The van der Waals surface area contributed by atoms with E-state index >= 15 is 0 Å². The van der Waals surface area contributed by atoms with Gasteiger partial charge in [-0.25, -0.2) is 4.79 Å². The predicted molar refractivity (Wildman–Crippen MR) is 66.3 cm³/mol. The molecule has 16 heavy (non-hydrogen) atoms. The van der Waals surface area contributed by atoms with Gasteiger partial charge in [0.2, 0.25) is 0 Å². The van der Waals surface area contributed by atoms with E-state index in [1.54, 1.807) is 0 Å². The zero-order chi connectivity index (χ0) is 11.8. The summed E-state index contributed by atoms with van der Waals surface area (Å²) >= 11 is 0. The average molecular weight is 227 g/mol. The number of carbonyl (C=O) groups excluding carboxylic acids is 1. The third-order valence-electron chi connectivity index (χ3n) is 3.16. The van der Waals surface area contributed by atoms with Crippen molar-refractivity contribution < 1.29 is 4.79 Å². The first kappa shape index (κ1) is 13.3. The highest BCUT2D eigenvalue weighted by atomic mass is 16.2. The molecule has 94 valence electrons. The van der Waals surface area contributed by atoms with E-state index in [4.69, 9.17) is 5.73 Å². The number of carbonyl (C=O) groups is 1. The molecule has 0 aromatic rings. The first-order valence-corrected chi connectivity index (χ1v) is 6.53. The third kappa shape index (κ3) is 4.39. The molecule has 4 nitrogen and oxygen atoms in total. The number of nitrogens with zero attached hydrogens (tertiary/aromatic N) is 1. The minimum atomic E-state index is 0.0752. The smallest absolute Gasteiger partial charge is 0.317 e. The summed E-state index contributed by atoms with van der Waals surface area (Å²) in [6.07, 6.45) is 6.79. The molecule has 1 atom stereocenters. The minimum absolute atomic E-state index is 0.0752. The van der Waals surface area contributed by atoms with Crippen LogP contribution < -0.4 is 11.1 Å². The molecule has 1 aliphatic rings. The predicted octanol–water partition coefficient (Wildman–Crippen LogP) is 1.70. The van der Waals surface area contributed by atoms with E-state index in [1.807, 2.05) is 4.90 Å². The fraction of sp³-hybridized carbons (Fsp3) is 0.917. The van der Waals surface area contributed by atoms with E-state index < -0.39 is 0 Å². The number of nitrogens with two attached hydrogens (primary N) is 1. The summed E-state index contributed by atoms with van der Waals surface area (Å²) in [6, 6.07) is 0.223. The third-order valence-corrected chi connectivity index (χ3v) is 3.16. The van der Waals surface area contributed by atoms with E-state index in [2.05, 4.69) is 12.2 Å². The largest absolute Gasteiger partial charge is 0.334 e. The molecule has 0 saturated carbocycles. The Morgan fingerprint density at radius 2 is 2.06 bits per heavy atom. The van der Waals surface area contributed by atoms with E-state index in [0.717, 1.165) is 45.2 Å². The SMILES string of the molecule is CCCCC(CN)NC(=O)N1CCCCC1. The summed E-state index contributed by atoms with van der Waals surface area (Å²) in [7, 11) is 0. The molecule has 2 amide bonds. The molecule has 1 fully saturated rings. The molecule has 0 aliphatic carbocycles. The second kappa shape index (κ2) is 7.49. The molecular weight excluding hydrogens is 202 g/mol. The van der Waals surface area contributed by atoms with Crippen LogP contribution in [0.15, 0.2) is 0 Å². The molecule has 0 spiro atoms. The Hall–Kier alpha value is -0.770. The Kier molecular flexibility index (Phi) is 6.23. The van der Waals surface area contributed by atoms with Crippen LogP contribution in [0.25, 0.3) is 0 Å². The zero-order valence-electron chi connectivity index (χ0n) is 10.4. The quantitative estimate of drug-likeness (QED) is 0.751. The highest BCUT2D eigenvalue weighted by Crippen LogP contribution is 2.09. The molecule has 0 aromatic carbocycles. The van der Waals surface area contributed by atoms with Crippen molar-refractivity contribution in [2.45, 2.75) is 51.5 Å². The van der Waals surface area contributed by atoms with Gasteiger partial charge in [0.1, 0.15) is 0 Å². The lowest BCUT2D eigenvalue weighted by Gasteiger charge is -2.29. The van der Waals surface area contributed by atoms with Crippen LogP contribution >= 0.6 is 0 Å². The summed E-state index contributed by atoms with van der Waals surface area (Å²) in [5, 5.41) is 3.03. The first-order chi connectivity index (χ1) is 7.77. The van der Waals surface area contributed by atoms with Crippen molar-refractivity contribution in [1.29, 1.82) is 0 Å². The molecular formula is C12H25N3O. The van der Waals surface area contributed by atoms with Crippen molar-refractivity contribution in [1.82, 2.24) is 10.2 Å². The van der Waals surface area contributed by atoms with Crippen molar-refractivity contribution in [3.8, 4) is 0 Å². The van der Waals surface area contributed by atoms with Crippen LogP contribution in [0.1, 0.15) is 45.4 Å². The molecule has 1 heterocycles. The van der Waals surface area contributed by atoms with Gasteiger partial charge in [0, 0.05) is 25.7 Å². The van der Waals surface area contributed by atoms with E-state index in [-0.39, 0.29) is 12.1 Å². The fourth-order valence-corrected chi connectivity index (χ4v) is 2.06. The van der Waals surface area contributed by atoms with E-state index in [0.29, 0.717) is 6.54 Å². The molecule has 1 saturated heterocycles. The van der Waals surface area contributed by atoms with Gasteiger partial charge in [-0.05, 0) is 25.7 Å². The molecule has 3 N–H and O–H groups in total. The number of nitrogens with one attached hydrogen (secondary N) is 1. The molecule has 1 aliphatic heterocycles. The van der Waals surface area contributed by atoms with Gasteiger partial charge in [0.15, 0.2) is 0 Å². The average Bonchev–Trinajstić information content (AvgIpc) is 2.35. The first-order valence-electron chi connectivity index (χ1n) is 6.53. The second-order valence-electron chi connectivity index (χ2n) is 4.57. The van der Waals surface area contributed by atoms with Crippen molar-refractivity contribution in [3.05, 3.63) is 0 Å². The summed E-state index contributed by atoms with van der Waals surface area (Å²) in [5.41, 5.74) is 5.66. The Bertz CT molecular complexity index is 202. The van der Waals surface area contributed by atoms with Gasteiger partial charge in [-0.1, -0.05) is 19.8 Å². The van der Waals surface area contributed by atoms with Gasteiger partial charge in [0.25, 0.3) is 0 Å². The van der Waals surface area contributed by atoms with Gasteiger partial charge >= 0.3 is 6.03 Å². The number of urea groups is 1. The number of likely N-dealkylation sites (tertiary alicyclic amines) is 1. The van der Waals surface area contributed by atoms with Crippen LogP contribution in [0.5, 0.6) is 0 Å². The lowest BCUT2D eigenvalue weighted by Crippen LogP contribution is -2.49. The molecule has 1 unspecified atom stereocenters. The second-order valence-corrected chi connectivity index (χ2v) is 4.57. The van der Waals surface area contributed by atoms with Crippen molar-refractivity contribution >= 4 is 6.03 Å². The maximum atomic E-state index is 11.9. The highest BCUT2D eigenvalue weighted by molar-refractivity contribution is 5.74. The standard InChI is InChI=1S/C12H25N3O/c1-2-3-7-11(10-13)14-12(16)15-8-5-4-6-9-15/h11H,2-10,13H2,1H3,(H,14,16). The Labute approximate surface area is 98.6 Å². The number of piperidine rings is 1. The molecule has 0 bridgehead atoms. The van der Waals surface area contributed by atoms with Crippen molar-refractivity contribution in [2.75, 3.05) is 19.6 Å². The molecule has 0 radical (unpaired) electrons. The van der Waals surface area contributed by atoms with Crippen LogP contribution in [0.3, 0.4) is 0 Å².